The SMILES string of the molecule is CCc1c(-c2cccc(OCc3ccccc3)c2)[nH]c2ccc(OCc3ccccc3)cc12. The summed E-state index contributed by atoms with van der Waals surface area (Å²) in [6, 6.07) is 35.1. The fraction of sp³-hybridized carbons (Fsp3) is 0.133. The highest BCUT2D eigenvalue weighted by molar-refractivity contribution is 5.91. The average Bonchev–Trinajstić information content (AvgIpc) is 3.25. The molecule has 5 rings (SSSR count). The number of hydrogen-bond acceptors (Lipinski definition) is 2. The van der Waals surface area contributed by atoms with Crippen LogP contribution in [-0.4, -0.2) is 4.98 Å². The lowest BCUT2D eigenvalue weighted by molar-refractivity contribution is 0.306. The largest absolute Gasteiger partial charge is 0.489 e. The summed E-state index contributed by atoms with van der Waals surface area (Å²) in [5.74, 6) is 1.75. The molecule has 164 valence electrons. The Morgan fingerprint density at radius 1 is 0.636 bits per heavy atom. The van der Waals surface area contributed by atoms with E-state index in [1.165, 1.54) is 10.9 Å². The summed E-state index contributed by atoms with van der Waals surface area (Å²) in [5.41, 5.74) is 6.99. The van der Waals surface area contributed by atoms with Gasteiger partial charge in [-0.15, -0.1) is 0 Å². The molecule has 5 aromatic rings. The van der Waals surface area contributed by atoms with Crippen molar-refractivity contribution in [3.63, 3.8) is 0 Å². The van der Waals surface area contributed by atoms with E-state index in [0.717, 1.165) is 45.8 Å². The van der Waals surface area contributed by atoms with Gasteiger partial charge in [-0.3, -0.25) is 0 Å². The zero-order valence-electron chi connectivity index (χ0n) is 18.8. The van der Waals surface area contributed by atoms with Crippen molar-refractivity contribution in [2.24, 2.45) is 0 Å². The Kier molecular flexibility index (Phi) is 6.12. The smallest absolute Gasteiger partial charge is 0.120 e. The van der Waals surface area contributed by atoms with Crippen molar-refractivity contribution in [2.75, 3.05) is 0 Å². The number of H-pyrrole nitrogens is 1. The normalized spacial score (nSPS) is 10.9. The van der Waals surface area contributed by atoms with Crippen LogP contribution in [0.1, 0.15) is 23.6 Å². The minimum Gasteiger partial charge on any atom is -0.489 e. The lowest BCUT2D eigenvalue weighted by Crippen LogP contribution is -1.95. The lowest BCUT2D eigenvalue weighted by Gasteiger charge is -2.09. The average molecular weight is 434 g/mol. The molecule has 0 fully saturated rings. The number of aromatic amines is 1. The van der Waals surface area contributed by atoms with Crippen LogP contribution in [0, 0.1) is 0 Å². The molecule has 0 aliphatic rings. The van der Waals surface area contributed by atoms with Gasteiger partial charge < -0.3 is 14.5 Å². The first-order valence-electron chi connectivity index (χ1n) is 11.4. The molecule has 0 unspecified atom stereocenters. The van der Waals surface area contributed by atoms with E-state index < -0.39 is 0 Å². The molecular weight excluding hydrogens is 406 g/mol. The number of ether oxygens (including phenoxy) is 2. The van der Waals surface area contributed by atoms with E-state index >= 15 is 0 Å². The summed E-state index contributed by atoms with van der Waals surface area (Å²) in [6.07, 6.45) is 0.923. The molecule has 1 aromatic heterocycles. The molecule has 0 aliphatic carbocycles. The van der Waals surface area contributed by atoms with Gasteiger partial charge in [-0.1, -0.05) is 79.7 Å². The first-order valence-corrected chi connectivity index (χ1v) is 11.4. The molecule has 0 amide bonds. The van der Waals surface area contributed by atoms with E-state index in [9.17, 15) is 0 Å². The van der Waals surface area contributed by atoms with E-state index in [1.807, 2.05) is 48.5 Å². The summed E-state index contributed by atoms with van der Waals surface area (Å²) >= 11 is 0. The Morgan fingerprint density at radius 2 is 1.27 bits per heavy atom. The number of hydrogen-bond donors (Lipinski definition) is 1. The van der Waals surface area contributed by atoms with Gasteiger partial charge in [-0.25, -0.2) is 0 Å². The maximum absolute atomic E-state index is 6.07. The lowest BCUT2D eigenvalue weighted by atomic mass is 10.0. The van der Waals surface area contributed by atoms with Crippen LogP contribution in [0.5, 0.6) is 11.5 Å². The molecule has 0 radical (unpaired) electrons. The molecule has 1 N–H and O–H groups in total. The molecule has 1 heterocycles. The van der Waals surface area contributed by atoms with Crippen molar-refractivity contribution < 1.29 is 9.47 Å². The Balaban J connectivity index is 1.39. The summed E-state index contributed by atoms with van der Waals surface area (Å²) in [6.45, 7) is 3.31. The van der Waals surface area contributed by atoms with Crippen LogP contribution in [-0.2, 0) is 19.6 Å². The third kappa shape index (κ3) is 4.78. The number of rotatable bonds is 8. The fourth-order valence-corrected chi connectivity index (χ4v) is 4.15. The number of aromatic nitrogens is 1. The van der Waals surface area contributed by atoms with Crippen LogP contribution in [0.2, 0.25) is 0 Å². The van der Waals surface area contributed by atoms with E-state index in [0.29, 0.717) is 13.2 Å². The molecule has 33 heavy (non-hydrogen) atoms. The molecule has 0 saturated heterocycles. The summed E-state index contributed by atoms with van der Waals surface area (Å²) in [4.78, 5) is 3.62. The summed E-state index contributed by atoms with van der Waals surface area (Å²) < 4.78 is 12.1. The molecule has 0 atom stereocenters. The van der Waals surface area contributed by atoms with Gasteiger partial charge in [0.05, 0.1) is 0 Å². The zero-order chi connectivity index (χ0) is 22.5. The standard InChI is InChI=1S/C30H27NO2/c1-2-27-28-19-26(33-21-23-12-7-4-8-13-23)16-17-29(28)31-30(27)24-14-9-15-25(18-24)32-20-22-10-5-3-6-11-22/h3-19,31H,2,20-21H2,1H3. The monoisotopic (exact) mass is 433 g/mol. The molecule has 0 spiro atoms. The number of nitrogens with one attached hydrogen (secondary N) is 1. The number of aryl methyl sites for hydroxylation is 1. The molecule has 3 heteroatoms. The Hall–Kier alpha value is -3.98. The third-order valence-corrected chi connectivity index (χ3v) is 5.85. The van der Waals surface area contributed by atoms with Crippen molar-refractivity contribution in [1.82, 2.24) is 4.98 Å². The molecular formula is C30H27NO2. The van der Waals surface area contributed by atoms with Gasteiger partial charge >= 0.3 is 0 Å². The van der Waals surface area contributed by atoms with E-state index in [2.05, 4.69) is 66.5 Å². The highest BCUT2D eigenvalue weighted by Gasteiger charge is 2.13. The van der Waals surface area contributed by atoms with E-state index in [-0.39, 0.29) is 0 Å². The predicted molar refractivity (Wildman–Crippen MR) is 135 cm³/mol. The van der Waals surface area contributed by atoms with E-state index in [4.69, 9.17) is 9.47 Å². The van der Waals surface area contributed by atoms with Crippen molar-refractivity contribution >= 4 is 10.9 Å². The van der Waals surface area contributed by atoms with Crippen molar-refractivity contribution in [1.29, 1.82) is 0 Å². The minimum absolute atomic E-state index is 0.555. The number of benzene rings is 4. The second-order valence-corrected chi connectivity index (χ2v) is 8.12. The zero-order valence-corrected chi connectivity index (χ0v) is 18.8. The maximum Gasteiger partial charge on any atom is 0.120 e. The van der Waals surface area contributed by atoms with Gasteiger partial charge in [0.2, 0.25) is 0 Å². The quantitative estimate of drug-likeness (QED) is 0.274. The van der Waals surface area contributed by atoms with Gasteiger partial charge in [-0.05, 0) is 53.4 Å². The van der Waals surface area contributed by atoms with Crippen LogP contribution in [0.3, 0.4) is 0 Å². The molecule has 3 nitrogen and oxygen atoms in total. The Morgan fingerprint density at radius 3 is 1.91 bits per heavy atom. The highest BCUT2D eigenvalue weighted by atomic mass is 16.5. The van der Waals surface area contributed by atoms with Gasteiger partial charge in [-0.2, -0.15) is 0 Å². The van der Waals surface area contributed by atoms with Crippen LogP contribution >= 0.6 is 0 Å². The minimum atomic E-state index is 0.555. The third-order valence-electron chi connectivity index (χ3n) is 5.85. The van der Waals surface area contributed by atoms with Gasteiger partial charge in [0.25, 0.3) is 0 Å². The van der Waals surface area contributed by atoms with Gasteiger partial charge in [0.15, 0.2) is 0 Å². The van der Waals surface area contributed by atoms with Crippen molar-refractivity contribution in [3.8, 4) is 22.8 Å². The predicted octanol–water partition coefficient (Wildman–Crippen LogP) is 7.56. The van der Waals surface area contributed by atoms with E-state index in [1.54, 1.807) is 0 Å². The molecule has 0 aliphatic heterocycles. The van der Waals surface area contributed by atoms with Crippen molar-refractivity contribution in [2.45, 2.75) is 26.6 Å². The molecule has 0 bridgehead atoms. The topological polar surface area (TPSA) is 34.2 Å². The van der Waals surface area contributed by atoms with Crippen LogP contribution in [0.4, 0.5) is 0 Å². The first-order chi connectivity index (χ1) is 16.3. The Labute approximate surface area is 194 Å². The van der Waals surface area contributed by atoms with Crippen LogP contribution in [0.15, 0.2) is 103 Å². The summed E-state index contributed by atoms with van der Waals surface area (Å²) in [5, 5.41) is 1.20. The summed E-state index contributed by atoms with van der Waals surface area (Å²) in [7, 11) is 0. The van der Waals surface area contributed by atoms with Crippen LogP contribution < -0.4 is 9.47 Å². The highest BCUT2D eigenvalue weighted by Crippen LogP contribution is 2.34. The van der Waals surface area contributed by atoms with Crippen LogP contribution in [0.25, 0.3) is 22.2 Å². The fourth-order valence-electron chi connectivity index (χ4n) is 4.15. The molecule has 0 saturated carbocycles. The second kappa shape index (κ2) is 9.66. The first kappa shape index (κ1) is 20.9. The maximum atomic E-state index is 6.07. The second-order valence-electron chi connectivity index (χ2n) is 8.12. The number of fused-ring (bicyclic) bond motifs is 1. The molecule has 4 aromatic carbocycles. The van der Waals surface area contributed by atoms with Gasteiger partial charge in [0.1, 0.15) is 24.7 Å². The van der Waals surface area contributed by atoms with Crippen molar-refractivity contribution in [3.05, 3.63) is 120 Å². The van der Waals surface area contributed by atoms with Gasteiger partial charge in [0, 0.05) is 22.2 Å². The Bertz CT molecular complexity index is 1340.